The molecular formula is C18H28O3. The lowest BCUT2D eigenvalue weighted by Crippen LogP contribution is -2.55. The van der Waals surface area contributed by atoms with Gasteiger partial charge in [0.15, 0.2) is 0 Å². The predicted octanol–water partition coefficient (Wildman–Crippen LogP) is 3.60. The molecule has 1 aliphatic carbocycles. The Hall–Kier alpha value is -1.06. The molecule has 3 heteroatoms. The van der Waals surface area contributed by atoms with Crippen molar-refractivity contribution in [3.05, 3.63) is 29.3 Å². The normalized spacial score (nSPS) is 25.5. The van der Waals surface area contributed by atoms with Gasteiger partial charge in [0.05, 0.1) is 6.10 Å². The molecule has 1 saturated carbocycles. The summed E-state index contributed by atoms with van der Waals surface area (Å²) in [6.45, 7) is 11.4. The lowest BCUT2D eigenvalue weighted by molar-refractivity contribution is -0.162. The second-order valence-corrected chi connectivity index (χ2v) is 7.03. The molecule has 0 spiro atoms. The Kier molecular flexibility index (Phi) is 4.95. The maximum Gasteiger partial charge on any atom is 0.130 e. The van der Waals surface area contributed by atoms with Crippen LogP contribution in [0, 0.1) is 6.92 Å². The molecule has 1 aromatic carbocycles. The van der Waals surface area contributed by atoms with Crippen LogP contribution >= 0.6 is 0 Å². The first-order valence-electron chi connectivity index (χ1n) is 7.90. The minimum atomic E-state index is -0.393. The Balaban J connectivity index is 2.03. The number of hydrogen-bond donors (Lipinski definition) is 1. The molecule has 0 heterocycles. The fourth-order valence-electron chi connectivity index (χ4n) is 2.56. The van der Waals surface area contributed by atoms with Crippen LogP contribution in [0.2, 0.25) is 0 Å². The zero-order chi connectivity index (χ0) is 15.6. The lowest BCUT2D eigenvalue weighted by atomic mass is 9.86. The summed E-state index contributed by atoms with van der Waals surface area (Å²) in [5.41, 5.74) is 2.58. The van der Waals surface area contributed by atoms with E-state index in [4.69, 9.17) is 9.47 Å². The molecule has 1 N–H and O–H groups in total. The summed E-state index contributed by atoms with van der Waals surface area (Å²) in [5.74, 6) is 0.894. The van der Waals surface area contributed by atoms with E-state index >= 15 is 0 Å². The van der Waals surface area contributed by atoms with Crippen molar-refractivity contribution in [2.45, 2.75) is 71.2 Å². The van der Waals surface area contributed by atoms with E-state index in [0.717, 1.165) is 17.7 Å². The maximum atomic E-state index is 9.80. The van der Waals surface area contributed by atoms with E-state index in [1.54, 1.807) is 0 Å². The number of aryl methyl sites for hydroxylation is 1. The van der Waals surface area contributed by atoms with Gasteiger partial charge < -0.3 is 14.6 Å². The third-order valence-corrected chi connectivity index (χ3v) is 4.05. The van der Waals surface area contributed by atoms with Crippen molar-refractivity contribution < 1.29 is 14.6 Å². The fraction of sp³-hybridized carbons (Fsp3) is 0.667. The number of aliphatic hydroxyl groups is 1. The highest BCUT2D eigenvalue weighted by atomic mass is 16.6. The summed E-state index contributed by atoms with van der Waals surface area (Å²) in [4.78, 5) is 0. The molecule has 21 heavy (non-hydrogen) atoms. The number of aliphatic hydroxyl groups excluding tert-OH is 1. The SMILES string of the molecule is CCCOC1C(O)CC1Oc1ccc(C(C)(C)C)cc1C. The van der Waals surface area contributed by atoms with Gasteiger partial charge in [0.2, 0.25) is 0 Å². The van der Waals surface area contributed by atoms with Gasteiger partial charge in [-0.1, -0.05) is 39.8 Å². The predicted molar refractivity (Wildman–Crippen MR) is 84.9 cm³/mol. The van der Waals surface area contributed by atoms with Gasteiger partial charge in [-0.15, -0.1) is 0 Å². The first-order valence-corrected chi connectivity index (χ1v) is 7.90. The summed E-state index contributed by atoms with van der Waals surface area (Å²) in [7, 11) is 0. The molecule has 1 fully saturated rings. The van der Waals surface area contributed by atoms with Crippen LogP contribution in [0.1, 0.15) is 51.7 Å². The lowest BCUT2D eigenvalue weighted by Gasteiger charge is -2.41. The second-order valence-electron chi connectivity index (χ2n) is 7.03. The molecule has 1 aromatic rings. The Morgan fingerprint density at radius 3 is 2.52 bits per heavy atom. The highest BCUT2D eigenvalue weighted by Crippen LogP contribution is 2.32. The van der Waals surface area contributed by atoms with Crippen LogP contribution in [0.15, 0.2) is 18.2 Å². The smallest absolute Gasteiger partial charge is 0.130 e. The largest absolute Gasteiger partial charge is 0.487 e. The second kappa shape index (κ2) is 6.37. The van der Waals surface area contributed by atoms with Crippen LogP contribution in [0.3, 0.4) is 0 Å². The molecule has 3 atom stereocenters. The van der Waals surface area contributed by atoms with Gasteiger partial charge in [0, 0.05) is 13.0 Å². The molecule has 0 saturated heterocycles. The van der Waals surface area contributed by atoms with Crippen LogP contribution in [-0.2, 0) is 10.2 Å². The summed E-state index contributed by atoms with van der Waals surface area (Å²) < 4.78 is 11.7. The van der Waals surface area contributed by atoms with Gasteiger partial charge >= 0.3 is 0 Å². The van der Waals surface area contributed by atoms with Crippen LogP contribution < -0.4 is 4.74 Å². The quantitative estimate of drug-likeness (QED) is 0.901. The van der Waals surface area contributed by atoms with E-state index in [0.29, 0.717) is 13.0 Å². The van der Waals surface area contributed by atoms with Crippen molar-refractivity contribution in [3.63, 3.8) is 0 Å². The van der Waals surface area contributed by atoms with Crippen LogP contribution in [-0.4, -0.2) is 30.0 Å². The third kappa shape index (κ3) is 3.78. The summed E-state index contributed by atoms with van der Waals surface area (Å²) in [6.07, 6.45) is 0.984. The highest BCUT2D eigenvalue weighted by Gasteiger charge is 2.43. The fourth-order valence-corrected chi connectivity index (χ4v) is 2.56. The van der Waals surface area contributed by atoms with Crippen molar-refractivity contribution in [2.75, 3.05) is 6.61 Å². The van der Waals surface area contributed by atoms with Crippen LogP contribution in [0.25, 0.3) is 0 Å². The Labute approximate surface area is 128 Å². The third-order valence-electron chi connectivity index (χ3n) is 4.05. The molecular weight excluding hydrogens is 264 g/mol. The number of benzene rings is 1. The van der Waals surface area contributed by atoms with E-state index in [1.807, 2.05) is 6.07 Å². The summed E-state index contributed by atoms with van der Waals surface area (Å²) in [5, 5.41) is 9.80. The monoisotopic (exact) mass is 292 g/mol. The van der Waals surface area contributed by atoms with E-state index in [2.05, 4.69) is 46.8 Å². The summed E-state index contributed by atoms with van der Waals surface area (Å²) >= 11 is 0. The van der Waals surface area contributed by atoms with Gasteiger partial charge in [-0.25, -0.2) is 0 Å². The molecule has 0 bridgehead atoms. The van der Waals surface area contributed by atoms with Crippen molar-refractivity contribution in [1.82, 2.24) is 0 Å². The molecule has 0 amide bonds. The van der Waals surface area contributed by atoms with E-state index in [-0.39, 0.29) is 17.6 Å². The minimum Gasteiger partial charge on any atom is -0.487 e. The molecule has 2 rings (SSSR count). The topological polar surface area (TPSA) is 38.7 Å². The van der Waals surface area contributed by atoms with Gasteiger partial charge in [0.1, 0.15) is 18.0 Å². The Bertz CT molecular complexity index is 476. The van der Waals surface area contributed by atoms with Crippen molar-refractivity contribution in [3.8, 4) is 5.75 Å². The maximum absolute atomic E-state index is 9.80. The average molecular weight is 292 g/mol. The standard InChI is InChI=1S/C18H28O3/c1-6-9-20-17-14(19)11-16(17)21-15-8-7-13(10-12(15)2)18(3,4)5/h7-8,10,14,16-17,19H,6,9,11H2,1-5H3. The van der Waals surface area contributed by atoms with Crippen LogP contribution in [0.5, 0.6) is 5.75 Å². The molecule has 1 aliphatic rings. The average Bonchev–Trinajstić information content (AvgIpc) is 2.39. The van der Waals surface area contributed by atoms with Crippen molar-refractivity contribution in [1.29, 1.82) is 0 Å². The molecule has 3 nitrogen and oxygen atoms in total. The van der Waals surface area contributed by atoms with Crippen LogP contribution in [0.4, 0.5) is 0 Å². The first-order chi connectivity index (χ1) is 9.82. The molecule has 3 unspecified atom stereocenters. The molecule has 0 radical (unpaired) electrons. The summed E-state index contributed by atoms with van der Waals surface area (Å²) in [6, 6.07) is 6.35. The van der Waals surface area contributed by atoms with Gasteiger partial charge in [-0.3, -0.25) is 0 Å². The zero-order valence-corrected chi connectivity index (χ0v) is 13.8. The molecule has 118 valence electrons. The Morgan fingerprint density at radius 1 is 1.29 bits per heavy atom. The number of rotatable bonds is 5. The van der Waals surface area contributed by atoms with E-state index < -0.39 is 6.10 Å². The zero-order valence-electron chi connectivity index (χ0n) is 13.8. The molecule has 0 aliphatic heterocycles. The Morgan fingerprint density at radius 2 is 2.00 bits per heavy atom. The van der Waals surface area contributed by atoms with Crippen molar-refractivity contribution in [2.24, 2.45) is 0 Å². The first kappa shape index (κ1) is 16.3. The number of hydrogen-bond acceptors (Lipinski definition) is 3. The van der Waals surface area contributed by atoms with Gasteiger partial charge in [-0.2, -0.15) is 0 Å². The number of ether oxygens (including phenoxy) is 2. The van der Waals surface area contributed by atoms with Gasteiger partial charge in [-0.05, 0) is 36.0 Å². The minimum absolute atomic E-state index is 0.0364. The highest BCUT2D eigenvalue weighted by molar-refractivity contribution is 5.39. The van der Waals surface area contributed by atoms with Gasteiger partial charge in [0.25, 0.3) is 0 Å². The van der Waals surface area contributed by atoms with E-state index in [9.17, 15) is 5.11 Å². The van der Waals surface area contributed by atoms with E-state index in [1.165, 1.54) is 5.56 Å². The van der Waals surface area contributed by atoms with Crippen molar-refractivity contribution >= 4 is 0 Å². The molecule has 0 aromatic heterocycles.